The summed E-state index contributed by atoms with van der Waals surface area (Å²) < 4.78 is 29.7. The Balaban J connectivity index is 1.76. The van der Waals surface area contributed by atoms with Gasteiger partial charge in [-0.25, -0.2) is 0 Å². The molecule has 6 heteroatoms. The van der Waals surface area contributed by atoms with Crippen molar-refractivity contribution < 1.29 is 28.8 Å². The van der Waals surface area contributed by atoms with Gasteiger partial charge in [0.1, 0.15) is 23.2 Å². The lowest BCUT2D eigenvalue weighted by Gasteiger charge is -2.39. The number of hydrogen-bond donors (Lipinski definition) is 1. The van der Waals surface area contributed by atoms with Gasteiger partial charge in [0.15, 0.2) is 6.29 Å². The van der Waals surface area contributed by atoms with Crippen molar-refractivity contribution in [3.05, 3.63) is 24.3 Å². The van der Waals surface area contributed by atoms with E-state index in [9.17, 15) is 5.11 Å². The number of aliphatic hydroxyl groups is 1. The Morgan fingerprint density at radius 1 is 1.07 bits per heavy atom. The van der Waals surface area contributed by atoms with Crippen LogP contribution in [0.4, 0.5) is 0 Å². The van der Waals surface area contributed by atoms with E-state index < -0.39 is 17.3 Å². The smallest absolute Gasteiger partial charge is 0.157 e. The van der Waals surface area contributed by atoms with Crippen LogP contribution in [-0.2, 0) is 14.2 Å². The fraction of sp³-hybridized carbons (Fsp3) is 0.727. The SMILES string of the molecule is COc1ccc(O[C@@]2(C)CC[C@H](O)C(C)(C)O[C@H]2COC2CCCCO2)cc1. The molecule has 2 fully saturated rings. The Labute approximate surface area is 168 Å². The first-order valence-electron chi connectivity index (χ1n) is 10.2. The molecule has 6 nitrogen and oxygen atoms in total. The molecule has 158 valence electrons. The molecule has 0 bridgehead atoms. The highest BCUT2D eigenvalue weighted by Crippen LogP contribution is 2.37. The zero-order valence-corrected chi connectivity index (χ0v) is 17.5. The molecule has 1 aromatic rings. The Kier molecular flexibility index (Phi) is 6.86. The highest BCUT2D eigenvalue weighted by atomic mass is 16.7. The van der Waals surface area contributed by atoms with Crippen LogP contribution in [0.5, 0.6) is 11.5 Å². The summed E-state index contributed by atoms with van der Waals surface area (Å²) in [6, 6.07) is 7.52. The Morgan fingerprint density at radius 2 is 1.79 bits per heavy atom. The van der Waals surface area contributed by atoms with E-state index in [-0.39, 0.29) is 12.4 Å². The average molecular weight is 395 g/mol. The minimum absolute atomic E-state index is 0.195. The second kappa shape index (κ2) is 8.99. The van der Waals surface area contributed by atoms with E-state index in [2.05, 4.69) is 0 Å². The lowest BCUT2D eigenvalue weighted by atomic mass is 9.91. The number of aliphatic hydroxyl groups excluding tert-OH is 1. The van der Waals surface area contributed by atoms with Crippen molar-refractivity contribution in [2.45, 2.75) is 82.6 Å². The standard InChI is InChI=1S/C22H34O6/c1-21(2)18(23)12-13-22(3,27-17-10-8-16(24-4)9-11-17)19(28-21)15-26-20-7-5-6-14-25-20/h8-11,18-20,23H,5-7,12-15H2,1-4H3/t18-,19-,20?,22-/m0/s1. The van der Waals surface area contributed by atoms with Crippen LogP contribution in [-0.4, -0.2) is 55.1 Å². The van der Waals surface area contributed by atoms with Crippen LogP contribution >= 0.6 is 0 Å². The maximum Gasteiger partial charge on any atom is 0.157 e. The van der Waals surface area contributed by atoms with Crippen LogP contribution in [0.25, 0.3) is 0 Å². The van der Waals surface area contributed by atoms with Crippen molar-refractivity contribution in [3.63, 3.8) is 0 Å². The van der Waals surface area contributed by atoms with Gasteiger partial charge in [-0.2, -0.15) is 0 Å². The number of benzene rings is 1. The maximum atomic E-state index is 10.6. The zero-order chi connectivity index (χ0) is 20.2. The van der Waals surface area contributed by atoms with Gasteiger partial charge < -0.3 is 28.8 Å². The summed E-state index contributed by atoms with van der Waals surface area (Å²) in [5.74, 6) is 1.51. The van der Waals surface area contributed by atoms with Crippen LogP contribution in [0.15, 0.2) is 24.3 Å². The van der Waals surface area contributed by atoms with Crippen molar-refractivity contribution in [1.82, 2.24) is 0 Å². The molecule has 1 N–H and O–H groups in total. The van der Waals surface area contributed by atoms with Crippen LogP contribution in [0.1, 0.15) is 52.9 Å². The van der Waals surface area contributed by atoms with E-state index in [0.717, 1.165) is 37.4 Å². The Morgan fingerprint density at radius 3 is 2.43 bits per heavy atom. The molecule has 28 heavy (non-hydrogen) atoms. The molecule has 4 atom stereocenters. The van der Waals surface area contributed by atoms with Crippen LogP contribution in [0.3, 0.4) is 0 Å². The molecule has 2 aliphatic rings. The molecule has 1 unspecified atom stereocenters. The summed E-state index contributed by atoms with van der Waals surface area (Å²) >= 11 is 0. The first-order valence-corrected chi connectivity index (χ1v) is 10.2. The summed E-state index contributed by atoms with van der Waals surface area (Å²) in [4.78, 5) is 0. The number of ether oxygens (including phenoxy) is 5. The molecule has 1 aromatic carbocycles. The molecule has 2 heterocycles. The molecule has 0 aromatic heterocycles. The third kappa shape index (κ3) is 5.17. The third-order valence-electron chi connectivity index (χ3n) is 5.83. The fourth-order valence-corrected chi connectivity index (χ4v) is 3.78. The van der Waals surface area contributed by atoms with E-state index in [1.807, 2.05) is 45.0 Å². The minimum atomic E-state index is -0.678. The third-order valence-corrected chi connectivity index (χ3v) is 5.83. The lowest BCUT2D eigenvalue weighted by molar-refractivity contribution is -0.221. The van der Waals surface area contributed by atoms with Gasteiger partial charge in [-0.15, -0.1) is 0 Å². The van der Waals surface area contributed by atoms with Gasteiger partial charge in [-0.3, -0.25) is 0 Å². The van der Waals surface area contributed by atoms with Gasteiger partial charge >= 0.3 is 0 Å². The minimum Gasteiger partial charge on any atom is -0.497 e. The number of methoxy groups -OCH3 is 1. The van der Waals surface area contributed by atoms with Crippen molar-refractivity contribution >= 4 is 0 Å². The highest BCUT2D eigenvalue weighted by Gasteiger charge is 2.47. The largest absolute Gasteiger partial charge is 0.497 e. The fourth-order valence-electron chi connectivity index (χ4n) is 3.78. The molecule has 0 radical (unpaired) electrons. The molecule has 0 amide bonds. The van der Waals surface area contributed by atoms with E-state index >= 15 is 0 Å². The van der Waals surface area contributed by atoms with Gasteiger partial charge in [0.05, 0.1) is 25.4 Å². The second-order valence-electron chi connectivity index (χ2n) is 8.48. The molecular formula is C22H34O6. The lowest BCUT2D eigenvalue weighted by Crippen LogP contribution is -2.51. The summed E-state index contributed by atoms with van der Waals surface area (Å²) in [6.45, 7) is 6.95. The van der Waals surface area contributed by atoms with Crippen LogP contribution in [0.2, 0.25) is 0 Å². The summed E-state index contributed by atoms with van der Waals surface area (Å²) in [5.41, 5.74) is -1.32. The van der Waals surface area contributed by atoms with Crippen molar-refractivity contribution in [3.8, 4) is 11.5 Å². The van der Waals surface area contributed by atoms with E-state index in [1.54, 1.807) is 7.11 Å². The quantitative estimate of drug-likeness (QED) is 0.794. The first kappa shape index (κ1) is 21.4. The molecule has 0 aliphatic carbocycles. The van der Waals surface area contributed by atoms with Crippen LogP contribution in [0, 0.1) is 0 Å². The summed E-state index contributed by atoms with van der Waals surface area (Å²) in [6.07, 6.45) is 3.24. The number of hydrogen-bond acceptors (Lipinski definition) is 6. The van der Waals surface area contributed by atoms with E-state index in [0.29, 0.717) is 19.4 Å². The average Bonchev–Trinajstić information content (AvgIpc) is 2.78. The Hall–Kier alpha value is -1.34. The van der Waals surface area contributed by atoms with Crippen molar-refractivity contribution in [1.29, 1.82) is 0 Å². The molecule has 0 spiro atoms. The normalized spacial score (nSPS) is 33.1. The molecule has 2 aliphatic heterocycles. The van der Waals surface area contributed by atoms with Gasteiger partial charge in [-0.05, 0) is 77.1 Å². The summed E-state index contributed by atoms with van der Waals surface area (Å²) in [5, 5.41) is 10.6. The number of rotatable bonds is 6. The van der Waals surface area contributed by atoms with E-state index in [1.165, 1.54) is 0 Å². The molecule has 3 rings (SSSR count). The monoisotopic (exact) mass is 394 g/mol. The second-order valence-corrected chi connectivity index (χ2v) is 8.48. The predicted octanol–water partition coefficient (Wildman–Crippen LogP) is 3.69. The van der Waals surface area contributed by atoms with E-state index in [4.69, 9.17) is 23.7 Å². The molecule has 2 saturated heterocycles. The van der Waals surface area contributed by atoms with Gasteiger partial charge in [-0.1, -0.05) is 0 Å². The molecule has 0 saturated carbocycles. The molecular weight excluding hydrogens is 360 g/mol. The van der Waals surface area contributed by atoms with Crippen molar-refractivity contribution in [2.24, 2.45) is 0 Å². The van der Waals surface area contributed by atoms with Crippen molar-refractivity contribution in [2.75, 3.05) is 20.3 Å². The topological polar surface area (TPSA) is 66.4 Å². The van der Waals surface area contributed by atoms with Crippen LogP contribution < -0.4 is 9.47 Å². The van der Waals surface area contributed by atoms with Gasteiger partial charge in [0.25, 0.3) is 0 Å². The highest BCUT2D eigenvalue weighted by molar-refractivity contribution is 5.31. The van der Waals surface area contributed by atoms with Gasteiger partial charge in [0, 0.05) is 6.61 Å². The predicted molar refractivity (Wildman–Crippen MR) is 106 cm³/mol. The zero-order valence-electron chi connectivity index (χ0n) is 17.5. The van der Waals surface area contributed by atoms with Gasteiger partial charge in [0.2, 0.25) is 0 Å². The Bertz CT molecular complexity index is 610. The first-order chi connectivity index (χ1) is 13.3. The maximum absolute atomic E-state index is 10.6. The summed E-state index contributed by atoms with van der Waals surface area (Å²) in [7, 11) is 1.64.